The number of amides is 2. The van der Waals surface area contributed by atoms with Crippen molar-refractivity contribution >= 4 is 29.2 Å². The Morgan fingerprint density at radius 2 is 1.55 bits per heavy atom. The van der Waals surface area contributed by atoms with Crippen LogP contribution in [0, 0.1) is 11.8 Å². The van der Waals surface area contributed by atoms with Gasteiger partial charge in [-0.1, -0.05) is 6.07 Å². The minimum atomic E-state index is -0.776. The van der Waals surface area contributed by atoms with Crippen molar-refractivity contribution in [3.63, 3.8) is 0 Å². The van der Waals surface area contributed by atoms with Gasteiger partial charge in [-0.05, 0) is 43.9 Å². The summed E-state index contributed by atoms with van der Waals surface area (Å²) in [5.74, 6) is -1.52. The molecule has 1 aromatic rings. The Kier molecular flexibility index (Phi) is 5.14. The van der Waals surface area contributed by atoms with Crippen molar-refractivity contribution in [2.45, 2.75) is 32.6 Å². The van der Waals surface area contributed by atoms with E-state index in [1.54, 1.807) is 24.3 Å². The van der Waals surface area contributed by atoms with E-state index in [9.17, 15) is 14.4 Å². The number of nitrogens with one attached hydrogen (secondary N) is 2. The monoisotopic (exact) mass is 304 g/mol. The van der Waals surface area contributed by atoms with Crippen molar-refractivity contribution in [1.82, 2.24) is 0 Å². The lowest BCUT2D eigenvalue weighted by Crippen LogP contribution is -2.29. The van der Waals surface area contributed by atoms with E-state index in [1.807, 2.05) is 0 Å². The van der Waals surface area contributed by atoms with E-state index in [0.29, 0.717) is 37.1 Å². The van der Waals surface area contributed by atoms with Crippen molar-refractivity contribution in [2.24, 2.45) is 11.8 Å². The normalized spacial score (nSPS) is 21.0. The number of benzene rings is 1. The first-order chi connectivity index (χ1) is 10.5. The first-order valence-electron chi connectivity index (χ1n) is 7.37. The van der Waals surface area contributed by atoms with Crippen LogP contribution in [-0.2, 0) is 14.4 Å². The molecule has 1 fully saturated rings. The minimum Gasteiger partial charge on any atom is -0.481 e. The van der Waals surface area contributed by atoms with Crippen LogP contribution >= 0.6 is 0 Å². The molecule has 0 heterocycles. The van der Waals surface area contributed by atoms with Crippen LogP contribution < -0.4 is 10.6 Å². The fourth-order valence-corrected chi connectivity index (χ4v) is 2.72. The Morgan fingerprint density at radius 3 is 2.09 bits per heavy atom. The molecule has 2 amide bonds. The fourth-order valence-electron chi connectivity index (χ4n) is 2.72. The van der Waals surface area contributed by atoms with Crippen molar-refractivity contribution in [3.8, 4) is 0 Å². The van der Waals surface area contributed by atoms with Crippen LogP contribution in [-0.4, -0.2) is 22.9 Å². The van der Waals surface area contributed by atoms with Crippen molar-refractivity contribution in [2.75, 3.05) is 10.6 Å². The molecule has 1 aliphatic carbocycles. The Labute approximate surface area is 128 Å². The molecule has 0 atom stereocenters. The lowest BCUT2D eigenvalue weighted by atomic mass is 9.81. The zero-order valence-electron chi connectivity index (χ0n) is 12.5. The number of rotatable bonds is 4. The SMILES string of the molecule is CC(=O)Nc1cccc(NC(=O)C2CCC(C(=O)O)CC2)c1. The van der Waals surface area contributed by atoms with Gasteiger partial charge in [0.25, 0.3) is 0 Å². The number of carboxylic acid groups (broad SMARTS) is 1. The molecule has 1 saturated carbocycles. The molecule has 6 nitrogen and oxygen atoms in total. The average molecular weight is 304 g/mol. The average Bonchev–Trinajstić information content (AvgIpc) is 2.47. The van der Waals surface area contributed by atoms with Crippen LogP contribution in [0.2, 0.25) is 0 Å². The highest BCUT2D eigenvalue weighted by molar-refractivity contribution is 5.94. The Bertz CT molecular complexity index is 577. The molecule has 0 bridgehead atoms. The van der Waals surface area contributed by atoms with E-state index in [-0.39, 0.29) is 23.7 Å². The third kappa shape index (κ3) is 4.31. The predicted octanol–water partition coefficient (Wildman–Crippen LogP) is 2.47. The van der Waals surface area contributed by atoms with Gasteiger partial charge in [-0.2, -0.15) is 0 Å². The first kappa shape index (κ1) is 16.0. The Hall–Kier alpha value is -2.37. The number of carbonyl (C=O) groups excluding carboxylic acids is 2. The molecule has 0 spiro atoms. The van der Waals surface area contributed by atoms with Gasteiger partial charge >= 0.3 is 5.97 Å². The molecule has 0 saturated heterocycles. The number of aliphatic carboxylic acids is 1. The Balaban J connectivity index is 1.92. The summed E-state index contributed by atoms with van der Waals surface area (Å²) in [4.78, 5) is 34.2. The van der Waals surface area contributed by atoms with E-state index >= 15 is 0 Å². The number of carboxylic acids is 1. The van der Waals surface area contributed by atoms with Crippen LogP contribution in [0.5, 0.6) is 0 Å². The van der Waals surface area contributed by atoms with Crippen LogP contribution in [0.25, 0.3) is 0 Å². The van der Waals surface area contributed by atoms with Crippen LogP contribution in [0.1, 0.15) is 32.6 Å². The maximum absolute atomic E-state index is 12.2. The molecule has 0 aromatic heterocycles. The maximum atomic E-state index is 12.2. The third-order valence-corrected chi connectivity index (χ3v) is 3.90. The van der Waals surface area contributed by atoms with Crippen molar-refractivity contribution in [3.05, 3.63) is 24.3 Å². The van der Waals surface area contributed by atoms with Crippen LogP contribution in [0.3, 0.4) is 0 Å². The molecule has 0 aliphatic heterocycles. The quantitative estimate of drug-likeness (QED) is 0.796. The summed E-state index contributed by atoms with van der Waals surface area (Å²) in [7, 11) is 0. The molecule has 2 rings (SSSR count). The smallest absolute Gasteiger partial charge is 0.306 e. The zero-order valence-corrected chi connectivity index (χ0v) is 12.5. The summed E-state index contributed by atoms with van der Waals surface area (Å²) >= 11 is 0. The van der Waals surface area contributed by atoms with Gasteiger partial charge in [0.05, 0.1) is 5.92 Å². The van der Waals surface area contributed by atoms with Gasteiger partial charge in [0.2, 0.25) is 11.8 Å². The molecule has 0 unspecified atom stereocenters. The molecule has 3 N–H and O–H groups in total. The van der Waals surface area contributed by atoms with Crippen LogP contribution in [0.15, 0.2) is 24.3 Å². The molecule has 6 heteroatoms. The molecule has 1 aromatic carbocycles. The summed E-state index contributed by atoms with van der Waals surface area (Å²) < 4.78 is 0. The molecule has 0 radical (unpaired) electrons. The van der Waals surface area contributed by atoms with E-state index < -0.39 is 5.97 Å². The molecule has 1 aliphatic rings. The molecule has 118 valence electrons. The van der Waals surface area contributed by atoms with Gasteiger partial charge in [-0.15, -0.1) is 0 Å². The Morgan fingerprint density at radius 1 is 1.00 bits per heavy atom. The summed E-state index contributed by atoms with van der Waals surface area (Å²) in [5, 5.41) is 14.5. The van der Waals surface area contributed by atoms with Crippen LogP contribution in [0.4, 0.5) is 11.4 Å². The van der Waals surface area contributed by atoms with Gasteiger partial charge in [0.1, 0.15) is 0 Å². The first-order valence-corrected chi connectivity index (χ1v) is 7.37. The zero-order chi connectivity index (χ0) is 16.1. The number of hydrogen-bond acceptors (Lipinski definition) is 3. The maximum Gasteiger partial charge on any atom is 0.306 e. The molecular weight excluding hydrogens is 284 g/mol. The van der Waals surface area contributed by atoms with Gasteiger partial charge < -0.3 is 15.7 Å². The van der Waals surface area contributed by atoms with E-state index in [1.165, 1.54) is 6.92 Å². The van der Waals surface area contributed by atoms with Gasteiger partial charge in [0, 0.05) is 24.2 Å². The molecule has 22 heavy (non-hydrogen) atoms. The number of carbonyl (C=O) groups is 3. The predicted molar refractivity (Wildman–Crippen MR) is 82.5 cm³/mol. The fraction of sp³-hybridized carbons (Fsp3) is 0.438. The standard InChI is InChI=1S/C16H20N2O4/c1-10(19)17-13-3-2-4-14(9-13)18-15(20)11-5-7-12(8-6-11)16(21)22/h2-4,9,11-12H,5-8H2,1H3,(H,17,19)(H,18,20)(H,21,22). The minimum absolute atomic E-state index is 0.0937. The summed E-state index contributed by atoms with van der Waals surface area (Å²) in [6.07, 6.45) is 2.26. The summed E-state index contributed by atoms with van der Waals surface area (Å²) in [5.41, 5.74) is 1.25. The van der Waals surface area contributed by atoms with Gasteiger partial charge in [-0.3, -0.25) is 14.4 Å². The summed E-state index contributed by atoms with van der Waals surface area (Å²) in [6.45, 7) is 1.42. The number of hydrogen-bond donors (Lipinski definition) is 3. The highest BCUT2D eigenvalue weighted by atomic mass is 16.4. The summed E-state index contributed by atoms with van der Waals surface area (Å²) in [6, 6.07) is 6.95. The second kappa shape index (κ2) is 7.06. The number of anilines is 2. The van der Waals surface area contributed by atoms with Gasteiger partial charge in [0.15, 0.2) is 0 Å². The second-order valence-electron chi connectivity index (χ2n) is 5.64. The van der Waals surface area contributed by atoms with Crippen molar-refractivity contribution < 1.29 is 19.5 Å². The van der Waals surface area contributed by atoms with Gasteiger partial charge in [-0.25, -0.2) is 0 Å². The largest absolute Gasteiger partial charge is 0.481 e. The lowest BCUT2D eigenvalue weighted by Gasteiger charge is -2.25. The lowest BCUT2D eigenvalue weighted by molar-refractivity contribution is -0.143. The van der Waals surface area contributed by atoms with E-state index in [2.05, 4.69) is 10.6 Å². The highest BCUT2D eigenvalue weighted by Gasteiger charge is 2.29. The topological polar surface area (TPSA) is 95.5 Å². The molecular formula is C16H20N2O4. The third-order valence-electron chi connectivity index (χ3n) is 3.90. The van der Waals surface area contributed by atoms with Crippen molar-refractivity contribution in [1.29, 1.82) is 0 Å². The second-order valence-corrected chi connectivity index (χ2v) is 5.64. The van der Waals surface area contributed by atoms with E-state index in [4.69, 9.17) is 5.11 Å². The van der Waals surface area contributed by atoms with E-state index in [0.717, 1.165) is 0 Å². The highest BCUT2D eigenvalue weighted by Crippen LogP contribution is 2.30.